The Hall–Kier alpha value is -1.04. The van der Waals surface area contributed by atoms with E-state index in [0.717, 1.165) is 0 Å². The molecule has 0 aliphatic heterocycles. The molecule has 0 saturated heterocycles. The van der Waals surface area contributed by atoms with Gasteiger partial charge in [0.25, 0.3) is 0 Å². The first-order valence-corrected chi connectivity index (χ1v) is 5.18. The second-order valence-corrected chi connectivity index (χ2v) is 4.04. The van der Waals surface area contributed by atoms with Gasteiger partial charge in [0, 0.05) is 12.3 Å². The monoisotopic (exact) mass is 241 g/mol. The Balaban J connectivity index is 3.07. The average Bonchev–Trinajstić information content (AvgIpc) is 2.17. The number of carbonyl (C=O) groups excluding carboxylic acids is 1. The third-order valence-corrected chi connectivity index (χ3v) is 2.68. The van der Waals surface area contributed by atoms with Gasteiger partial charge in [-0.3, -0.25) is 4.79 Å². The minimum absolute atomic E-state index is 0.167. The Labute approximate surface area is 98.4 Å². The Morgan fingerprint density at radius 2 is 2.00 bits per heavy atom. The second-order valence-electron chi connectivity index (χ2n) is 3.22. The van der Waals surface area contributed by atoms with Crippen LogP contribution in [0.15, 0.2) is 18.2 Å². The summed E-state index contributed by atoms with van der Waals surface area (Å²) >= 11 is 11.8. The lowest BCUT2D eigenvalue weighted by atomic mass is 9.97. The lowest BCUT2D eigenvalue weighted by Gasteiger charge is -2.09. The van der Waals surface area contributed by atoms with Crippen LogP contribution >= 0.6 is 23.2 Å². The number of nitrogens with zero attached hydrogens (tertiary/aromatic N) is 1. The number of nitriles is 1. The molecule has 0 saturated carbocycles. The van der Waals surface area contributed by atoms with E-state index in [-0.39, 0.29) is 18.1 Å². The van der Waals surface area contributed by atoms with Crippen molar-refractivity contribution in [3.63, 3.8) is 0 Å². The van der Waals surface area contributed by atoms with Crippen molar-refractivity contribution < 1.29 is 4.79 Å². The Kier molecular flexibility index (Phi) is 4.14. The molecule has 0 bridgehead atoms. The van der Waals surface area contributed by atoms with E-state index in [1.807, 2.05) is 6.07 Å². The van der Waals surface area contributed by atoms with Crippen LogP contribution in [0.3, 0.4) is 0 Å². The molecule has 0 N–H and O–H groups in total. The fourth-order valence-corrected chi connectivity index (χ4v) is 1.79. The maximum atomic E-state index is 11.9. The summed E-state index contributed by atoms with van der Waals surface area (Å²) in [5.41, 5.74) is 0.309. The van der Waals surface area contributed by atoms with Crippen LogP contribution in [-0.2, 0) is 0 Å². The first-order valence-electron chi connectivity index (χ1n) is 4.43. The average molecular weight is 242 g/mol. The van der Waals surface area contributed by atoms with E-state index in [9.17, 15) is 4.79 Å². The molecular formula is C11H9Cl2NO. The van der Waals surface area contributed by atoms with E-state index in [4.69, 9.17) is 28.5 Å². The molecule has 1 aromatic carbocycles. The number of Topliss-reactive ketones (excluding diaryl/α,β-unsaturated/α-hetero) is 1. The summed E-state index contributed by atoms with van der Waals surface area (Å²) in [6.45, 7) is 1.69. The number of ketones is 1. The molecule has 0 spiro atoms. The third kappa shape index (κ3) is 2.71. The van der Waals surface area contributed by atoms with Crippen LogP contribution in [0.5, 0.6) is 0 Å². The van der Waals surface area contributed by atoms with Crippen molar-refractivity contribution >= 4 is 29.0 Å². The standard InChI is InChI=1S/C11H9Cl2NO/c1-7(5-6-14)11(15)10-8(12)3-2-4-9(10)13/h2-4,7H,5H2,1H3. The van der Waals surface area contributed by atoms with E-state index < -0.39 is 0 Å². The predicted molar refractivity (Wildman–Crippen MR) is 60.2 cm³/mol. The Morgan fingerprint density at radius 1 is 1.47 bits per heavy atom. The molecule has 1 atom stereocenters. The molecule has 0 heterocycles. The molecule has 1 unspecified atom stereocenters. The summed E-state index contributed by atoms with van der Waals surface area (Å²) in [4.78, 5) is 11.9. The van der Waals surface area contributed by atoms with Crippen LogP contribution in [0.2, 0.25) is 10.0 Å². The van der Waals surface area contributed by atoms with Crippen molar-refractivity contribution in [3.05, 3.63) is 33.8 Å². The molecule has 0 aromatic heterocycles. The van der Waals surface area contributed by atoms with E-state index in [1.165, 1.54) is 0 Å². The summed E-state index contributed by atoms with van der Waals surface area (Å²) in [5, 5.41) is 9.16. The highest BCUT2D eigenvalue weighted by Crippen LogP contribution is 2.27. The topological polar surface area (TPSA) is 40.9 Å². The lowest BCUT2D eigenvalue weighted by molar-refractivity contribution is 0.0932. The zero-order chi connectivity index (χ0) is 11.4. The van der Waals surface area contributed by atoms with Crippen LogP contribution in [0.1, 0.15) is 23.7 Å². The Bertz CT molecular complexity index is 403. The third-order valence-electron chi connectivity index (χ3n) is 2.05. The summed E-state index contributed by atoms with van der Waals surface area (Å²) in [5.74, 6) is -0.570. The SMILES string of the molecule is CC(CC#N)C(=O)c1c(Cl)cccc1Cl. The van der Waals surface area contributed by atoms with Crippen LogP contribution in [0.4, 0.5) is 0 Å². The van der Waals surface area contributed by atoms with Gasteiger partial charge in [0.1, 0.15) is 0 Å². The molecule has 0 radical (unpaired) electrons. The molecule has 4 heteroatoms. The van der Waals surface area contributed by atoms with E-state index in [0.29, 0.717) is 15.6 Å². The summed E-state index contributed by atoms with van der Waals surface area (Å²) in [6.07, 6.45) is 0.167. The molecule has 0 aliphatic rings. The maximum Gasteiger partial charge on any atom is 0.169 e. The summed E-state index contributed by atoms with van der Waals surface area (Å²) < 4.78 is 0. The van der Waals surface area contributed by atoms with Gasteiger partial charge in [0.05, 0.1) is 21.7 Å². The minimum atomic E-state index is -0.382. The first kappa shape index (κ1) is 12.0. The molecule has 2 nitrogen and oxygen atoms in total. The molecule has 0 amide bonds. The van der Waals surface area contributed by atoms with E-state index >= 15 is 0 Å². The largest absolute Gasteiger partial charge is 0.294 e. The molecule has 1 rings (SSSR count). The number of rotatable bonds is 3. The highest BCUT2D eigenvalue weighted by molar-refractivity contribution is 6.39. The molecule has 0 fully saturated rings. The first-order chi connectivity index (χ1) is 7.07. The van der Waals surface area contributed by atoms with E-state index in [1.54, 1.807) is 25.1 Å². The van der Waals surface area contributed by atoms with Crippen LogP contribution < -0.4 is 0 Å². The Morgan fingerprint density at radius 3 is 2.47 bits per heavy atom. The summed E-state index contributed by atoms with van der Waals surface area (Å²) in [7, 11) is 0. The van der Waals surface area contributed by atoms with Gasteiger partial charge in [-0.2, -0.15) is 5.26 Å². The van der Waals surface area contributed by atoms with Crippen molar-refractivity contribution in [2.75, 3.05) is 0 Å². The van der Waals surface area contributed by atoms with Crippen molar-refractivity contribution in [2.24, 2.45) is 5.92 Å². The smallest absolute Gasteiger partial charge is 0.169 e. The highest BCUT2D eigenvalue weighted by atomic mass is 35.5. The zero-order valence-corrected chi connectivity index (χ0v) is 9.64. The van der Waals surface area contributed by atoms with Gasteiger partial charge < -0.3 is 0 Å². The van der Waals surface area contributed by atoms with Gasteiger partial charge in [0.2, 0.25) is 0 Å². The van der Waals surface area contributed by atoms with Gasteiger partial charge in [-0.15, -0.1) is 0 Å². The fourth-order valence-electron chi connectivity index (χ4n) is 1.21. The van der Waals surface area contributed by atoms with Crippen LogP contribution in [0.25, 0.3) is 0 Å². The van der Waals surface area contributed by atoms with Gasteiger partial charge >= 0.3 is 0 Å². The molecule has 78 valence electrons. The molecular weight excluding hydrogens is 233 g/mol. The zero-order valence-electron chi connectivity index (χ0n) is 8.13. The number of hydrogen-bond donors (Lipinski definition) is 0. The van der Waals surface area contributed by atoms with Crippen LogP contribution in [-0.4, -0.2) is 5.78 Å². The molecule has 1 aromatic rings. The van der Waals surface area contributed by atoms with Crippen molar-refractivity contribution in [2.45, 2.75) is 13.3 Å². The quantitative estimate of drug-likeness (QED) is 0.757. The van der Waals surface area contributed by atoms with Gasteiger partial charge in [-0.25, -0.2) is 0 Å². The normalized spacial score (nSPS) is 11.9. The number of carbonyl (C=O) groups is 1. The number of benzene rings is 1. The molecule has 15 heavy (non-hydrogen) atoms. The number of hydrogen-bond acceptors (Lipinski definition) is 2. The predicted octanol–water partition coefficient (Wildman–Crippen LogP) is 3.73. The lowest BCUT2D eigenvalue weighted by Crippen LogP contribution is -2.11. The van der Waals surface area contributed by atoms with Crippen molar-refractivity contribution in [1.29, 1.82) is 5.26 Å². The van der Waals surface area contributed by atoms with E-state index in [2.05, 4.69) is 0 Å². The van der Waals surface area contributed by atoms with Gasteiger partial charge in [0.15, 0.2) is 5.78 Å². The molecule has 0 aliphatic carbocycles. The minimum Gasteiger partial charge on any atom is -0.294 e. The highest BCUT2D eigenvalue weighted by Gasteiger charge is 2.20. The van der Waals surface area contributed by atoms with Crippen molar-refractivity contribution in [3.8, 4) is 6.07 Å². The summed E-state index contributed by atoms with van der Waals surface area (Å²) in [6, 6.07) is 6.85. The van der Waals surface area contributed by atoms with Gasteiger partial charge in [-0.05, 0) is 12.1 Å². The number of halogens is 2. The van der Waals surface area contributed by atoms with Gasteiger partial charge in [-0.1, -0.05) is 36.2 Å². The second kappa shape index (κ2) is 5.16. The van der Waals surface area contributed by atoms with Crippen molar-refractivity contribution in [1.82, 2.24) is 0 Å². The fraction of sp³-hybridized carbons (Fsp3) is 0.273. The van der Waals surface area contributed by atoms with Crippen LogP contribution in [0, 0.1) is 17.2 Å². The maximum absolute atomic E-state index is 11.9.